The Balaban J connectivity index is 2.01. The maximum atomic E-state index is 13.8. The molecule has 3 aromatic rings. The van der Waals surface area contributed by atoms with Crippen molar-refractivity contribution in [1.29, 1.82) is 0 Å². The van der Waals surface area contributed by atoms with E-state index in [1.165, 1.54) is 0 Å². The second kappa shape index (κ2) is 12.6. The van der Waals surface area contributed by atoms with Crippen LogP contribution in [-0.2, 0) is 29.0 Å². The van der Waals surface area contributed by atoms with Gasteiger partial charge in [-0.05, 0) is 42.2 Å². The van der Waals surface area contributed by atoms with Crippen molar-refractivity contribution in [2.75, 3.05) is 6.54 Å². The van der Waals surface area contributed by atoms with Gasteiger partial charge in [0.1, 0.15) is 6.04 Å². The summed E-state index contributed by atoms with van der Waals surface area (Å²) in [6, 6.07) is 22.1. The van der Waals surface area contributed by atoms with Crippen LogP contribution in [0.4, 0.5) is 0 Å². The quantitative estimate of drug-likeness (QED) is 0.373. The van der Waals surface area contributed by atoms with Crippen molar-refractivity contribution in [2.24, 2.45) is 0 Å². The van der Waals surface area contributed by atoms with Gasteiger partial charge in [0.15, 0.2) is 0 Å². The van der Waals surface area contributed by atoms with Gasteiger partial charge in [-0.15, -0.1) is 0 Å². The number of nitrogens with zero attached hydrogens (tertiary/aromatic N) is 1. The van der Waals surface area contributed by atoms with Gasteiger partial charge in [0.05, 0.1) is 6.42 Å². The highest BCUT2D eigenvalue weighted by Crippen LogP contribution is 2.27. The van der Waals surface area contributed by atoms with Gasteiger partial charge in [0.2, 0.25) is 11.8 Å². The van der Waals surface area contributed by atoms with E-state index in [1.54, 1.807) is 23.1 Å². The van der Waals surface area contributed by atoms with Crippen LogP contribution in [0.5, 0.6) is 0 Å². The van der Waals surface area contributed by atoms with E-state index in [9.17, 15) is 9.59 Å². The molecule has 0 fully saturated rings. The van der Waals surface area contributed by atoms with Crippen LogP contribution in [0.2, 0.25) is 10.0 Å². The van der Waals surface area contributed by atoms with Gasteiger partial charge in [-0.3, -0.25) is 9.59 Å². The number of benzene rings is 3. The molecule has 2 amide bonds. The van der Waals surface area contributed by atoms with E-state index in [4.69, 9.17) is 23.2 Å². The Morgan fingerprint density at radius 2 is 1.56 bits per heavy atom. The number of carbonyl (C=O) groups is 2. The molecule has 178 valence electrons. The van der Waals surface area contributed by atoms with Crippen LogP contribution < -0.4 is 5.32 Å². The predicted octanol–water partition coefficient (Wildman–Crippen LogP) is 6.01. The van der Waals surface area contributed by atoms with Gasteiger partial charge in [0, 0.05) is 35.1 Å². The molecule has 0 spiro atoms. The van der Waals surface area contributed by atoms with Crippen molar-refractivity contribution in [3.05, 3.63) is 105 Å². The zero-order valence-corrected chi connectivity index (χ0v) is 21.1. The van der Waals surface area contributed by atoms with Gasteiger partial charge in [-0.1, -0.05) is 90.8 Å². The fourth-order valence-electron chi connectivity index (χ4n) is 3.85. The molecule has 3 aromatic carbocycles. The number of hydrogen-bond acceptors (Lipinski definition) is 2. The number of amides is 2. The standard InChI is InChI=1S/C28H30Cl2N2O2/c1-3-16-31-28(34)26(17-21-11-5-4-6-12-21)32(19-23-24(29)14-9-15-25(23)30)27(33)18-22-13-8-7-10-20(22)2/h4-15,26H,3,16-19H2,1-2H3,(H,31,34). The summed E-state index contributed by atoms with van der Waals surface area (Å²) in [6.07, 6.45) is 1.37. The largest absolute Gasteiger partial charge is 0.354 e. The number of hydrogen-bond donors (Lipinski definition) is 1. The SMILES string of the molecule is CCCNC(=O)C(Cc1ccccc1)N(Cc1c(Cl)cccc1Cl)C(=O)Cc1ccccc1C. The zero-order chi connectivity index (χ0) is 24.5. The lowest BCUT2D eigenvalue weighted by atomic mass is 10.00. The molecular weight excluding hydrogens is 467 g/mol. The Labute approximate surface area is 211 Å². The second-order valence-electron chi connectivity index (χ2n) is 8.32. The Bertz CT molecular complexity index is 1100. The first kappa shape index (κ1) is 25.8. The highest BCUT2D eigenvalue weighted by Gasteiger charge is 2.31. The van der Waals surface area contributed by atoms with E-state index in [2.05, 4.69) is 5.32 Å². The summed E-state index contributed by atoms with van der Waals surface area (Å²) in [4.78, 5) is 28.7. The summed E-state index contributed by atoms with van der Waals surface area (Å²) in [5.41, 5.74) is 3.56. The molecule has 1 atom stereocenters. The van der Waals surface area contributed by atoms with E-state index in [0.717, 1.165) is 23.1 Å². The summed E-state index contributed by atoms with van der Waals surface area (Å²) in [7, 11) is 0. The average molecular weight is 497 g/mol. The van der Waals surface area contributed by atoms with Gasteiger partial charge in [-0.25, -0.2) is 0 Å². The first-order chi connectivity index (χ1) is 16.4. The maximum Gasteiger partial charge on any atom is 0.243 e. The van der Waals surface area contributed by atoms with E-state index in [0.29, 0.717) is 28.6 Å². The van der Waals surface area contributed by atoms with Gasteiger partial charge < -0.3 is 10.2 Å². The Morgan fingerprint density at radius 3 is 2.21 bits per heavy atom. The summed E-state index contributed by atoms with van der Waals surface area (Å²) in [5, 5.41) is 3.91. The normalized spacial score (nSPS) is 11.6. The Morgan fingerprint density at radius 1 is 0.912 bits per heavy atom. The number of carbonyl (C=O) groups excluding carboxylic acids is 2. The van der Waals surface area contributed by atoms with E-state index in [1.807, 2.05) is 68.4 Å². The molecule has 0 aliphatic carbocycles. The van der Waals surface area contributed by atoms with Gasteiger partial charge >= 0.3 is 0 Å². The lowest BCUT2D eigenvalue weighted by molar-refractivity contribution is -0.140. The van der Waals surface area contributed by atoms with Crippen molar-refractivity contribution in [1.82, 2.24) is 10.2 Å². The topological polar surface area (TPSA) is 49.4 Å². The van der Waals surface area contributed by atoms with Crippen molar-refractivity contribution in [3.8, 4) is 0 Å². The summed E-state index contributed by atoms with van der Waals surface area (Å²) in [6.45, 7) is 4.65. The molecule has 0 radical (unpaired) electrons. The highest BCUT2D eigenvalue weighted by molar-refractivity contribution is 6.36. The molecule has 0 aliphatic heterocycles. The van der Waals surface area contributed by atoms with E-state index >= 15 is 0 Å². The number of rotatable bonds is 10. The predicted molar refractivity (Wildman–Crippen MR) is 139 cm³/mol. The molecular formula is C28H30Cl2N2O2. The van der Waals surface area contributed by atoms with Crippen LogP contribution in [0, 0.1) is 6.92 Å². The summed E-state index contributed by atoms with van der Waals surface area (Å²) >= 11 is 12.9. The molecule has 0 aromatic heterocycles. The molecule has 1 unspecified atom stereocenters. The fraction of sp³-hybridized carbons (Fsp3) is 0.286. The lowest BCUT2D eigenvalue weighted by Crippen LogP contribution is -2.51. The maximum absolute atomic E-state index is 13.8. The van der Waals surface area contributed by atoms with E-state index in [-0.39, 0.29) is 24.8 Å². The number of halogens is 2. The lowest BCUT2D eigenvalue weighted by Gasteiger charge is -2.32. The van der Waals surface area contributed by atoms with E-state index < -0.39 is 6.04 Å². The molecule has 4 nitrogen and oxygen atoms in total. The molecule has 0 heterocycles. The van der Waals surface area contributed by atoms with Crippen molar-refractivity contribution >= 4 is 35.0 Å². The van der Waals surface area contributed by atoms with Crippen molar-refractivity contribution in [2.45, 2.75) is 45.7 Å². The second-order valence-corrected chi connectivity index (χ2v) is 9.14. The van der Waals surface area contributed by atoms with Crippen LogP contribution >= 0.6 is 23.2 Å². The molecule has 0 saturated carbocycles. The van der Waals surface area contributed by atoms with Crippen LogP contribution in [0.15, 0.2) is 72.8 Å². The summed E-state index contributed by atoms with van der Waals surface area (Å²) in [5.74, 6) is -0.343. The third-order valence-electron chi connectivity index (χ3n) is 5.81. The zero-order valence-electron chi connectivity index (χ0n) is 19.6. The average Bonchev–Trinajstić information content (AvgIpc) is 2.83. The monoisotopic (exact) mass is 496 g/mol. The first-order valence-electron chi connectivity index (χ1n) is 11.5. The van der Waals surface area contributed by atoms with Gasteiger partial charge in [-0.2, -0.15) is 0 Å². The van der Waals surface area contributed by atoms with Crippen molar-refractivity contribution < 1.29 is 9.59 Å². The number of nitrogens with one attached hydrogen (secondary N) is 1. The minimum Gasteiger partial charge on any atom is -0.354 e. The third-order valence-corrected chi connectivity index (χ3v) is 6.52. The molecule has 0 saturated heterocycles. The molecule has 0 bridgehead atoms. The molecule has 34 heavy (non-hydrogen) atoms. The Kier molecular flexibility index (Phi) is 9.55. The molecule has 1 N–H and O–H groups in total. The number of aryl methyl sites for hydroxylation is 1. The van der Waals surface area contributed by atoms with Crippen molar-refractivity contribution in [3.63, 3.8) is 0 Å². The van der Waals surface area contributed by atoms with Crippen LogP contribution in [0.3, 0.4) is 0 Å². The molecule has 3 rings (SSSR count). The highest BCUT2D eigenvalue weighted by atomic mass is 35.5. The summed E-state index contributed by atoms with van der Waals surface area (Å²) < 4.78 is 0. The van der Waals surface area contributed by atoms with Crippen LogP contribution in [0.25, 0.3) is 0 Å². The minimum absolute atomic E-state index is 0.139. The minimum atomic E-state index is -0.710. The molecule has 6 heteroatoms. The first-order valence-corrected chi connectivity index (χ1v) is 12.2. The van der Waals surface area contributed by atoms with Gasteiger partial charge in [0.25, 0.3) is 0 Å². The molecule has 0 aliphatic rings. The smallest absolute Gasteiger partial charge is 0.243 e. The Hall–Kier alpha value is -2.82. The third kappa shape index (κ3) is 6.85. The fourth-order valence-corrected chi connectivity index (χ4v) is 4.36. The van der Waals surface area contributed by atoms with Crippen LogP contribution in [0.1, 0.15) is 35.6 Å². The van der Waals surface area contributed by atoms with Crippen LogP contribution in [-0.4, -0.2) is 29.3 Å².